The molecular formula is C19H20FN7O. The molecule has 144 valence electrons. The van der Waals surface area contributed by atoms with Gasteiger partial charge in [0.2, 0.25) is 5.91 Å². The van der Waals surface area contributed by atoms with Crippen LogP contribution in [0.15, 0.2) is 30.3 Å². The molecule has 0 saturated carbocycles. The van der Waals surface area contributed by atoms with E-state index in [2.05, 4.69) is 25.5 Å². The standard InChI is InChI=1S/C19H20FN7O/c20-15-5-1-3-13-4-2-10-26(18(13)15)19(28)14-8-11-25(12-9-14)17-7-6-16-21-23-24-27(16)22-17/h1,3,5-7,14H,2,4,8-12H2. The van der Waals surface area contributed by atoms with E-state index in [1.165, 1.54) is 10.7 Å². The molecule has 0 radical (unpaired) electrons. The smallest absolute Gasteiger partial charge is 0.230 e. The van der Waals surface area contributed by atoms with Gasteiger partial charge < -0.3 is 9.80 Å². The minimum atomic E-state index is -0.304. The van der Waals surface area contributed by atoms with Crippen LogP contribution in [0.3, 0.4) is 0 Å². The molecular weight excluding hydrogens is 361 g/mol. The van der Waals surface area contributed by atoms with Gasteiger partial charge >= 0.3 is 0 Å². The van der Waals surface area contributed by atoms with Crippen molar-refractivity contribution in [2.75, 3.05) is 29.4 Å². The van der Waals surface area contributed by atoms with Crippen LogP contribution >= 0.6 is 0 Å². The van der Waals surface area contributed by atoms with Crippen molar-refractivity contribution in [1.82, 2.24) is 25.3 Å². The molecule has 0 unspecified atom stereocenters. The Labute approximate surface area is 160 Å². The topological polar surface area (TPSA) is 79.5 Å². The summed E-state index contributed by atoms with van der Waals surface area (Å²) in [4.78, 5) is 16.9. The zero-order valence-corrected chi connectivity index (χ0v) is 15.3. The number of carbonyl (C=O) groups is 1. The molecule has 5 rings (SSSR count). The summed E-state index contributed by atoms with van der Waals surface area (Å²) in [5.41, 5.74) is 2.00. The fourth-order valence-corrected chi connectivity index (χ4v) is 4.21. The highest BCUT2D eigenvalue weighted by Crippen LogP contribution is 2.33. The van der Waals surface area contributed by atoms with E-state index in [-0.39, 0.29) is 17.6 Å². The molecule has 2 aromatic heterocycles. The van der Waals surface area contributed by atoms with Crippen LogP contribution < -0.4 is 9.80 Å². The highest BCUT2D eigenvalue weighted by atomic mass is 19.1. The molecule has 2 aliphatic rings. The molecule has 0 N–H and O–H groups in total. The molecule has 28 heavy (non-hydrogen) atoms. The highest BCUT2D eigenvalue weighted by molar-refractivity contribution is 5.96. The molecule has 2 aliphatic heterocycles. The average Bonchev–Trinajstić information content (AvgIpc) is 3.21. The number of anilines is 2. The van der Waals surface area contributed by atoms with Crippen LogP contribution in [-0.4, -0.2) is 50.8 Å². The van der Waals surface area contributed by atoms with Crippen LogP contribution in [0, 0.1) is 11.7 Å². The van der Waals surface area contributed by atoms with Gasteiger partial charge in [0.1, 0.15) is 5.82 Å². The summed E-state index contributed by atoms with van der Waals surface area (Å²) >= 11 is 0. The molecule has 0 aliphatic carbocycles. The number of piperidine rings is 1. The van der Waals surface area contributed by atoms with Crippen molar-refractivity contribution < 1.29 is 9.18 Å². The summed E-state index contributed by atoms with van der Waals surface area (Å²) in [5, 5.41) is 15.7. The van der Waals surface area contributed by atoms with Gasteiger partial charge in [0.15, 0.2) is 11.5 Å². The number of tetrazole rings is 1. The molecule has 8 nitrogen and oxygen atoms in total. The number of aryl methyl sites for hydroxylation is 1. The Morgan fingerprint density at radius 3 is 2.82 bits per heavy atom. The lowest BCUT2D eigenvalue weighted by Gasteiger charge is -2.36. The molecule has 0 atom stereocenters. The Morgan fingerprint density at radius 2 is 1.96 bits per heavy atom. The van der Waals surface area contributed by atoms with Crippen LogP contribution in [0.1, 0.15) is 24.8 Å². The number of hydrogen-bond donors (Lipinski definition) is 0. The summed E-state index contributed by atoms with van der Waals surface area (Å²) in [6, 6.07) is 8.79. The van der Waals surface area contributed by atoms with Gasteiger partial charge in [-0.3, -0.25) is 4.79 Å². The number of benzene rings is 1. The third-order valence-corrected chi connectivity index (χ3v) is 5.66. The first-order chi connectivity index (χ1) is 13.7. The lowest BCUT2D eigenvalue weighted by atomic mass is 9.93. The van der Waals surface area contributed by atoms with Gasteiger partial charge in [-0.2, -0.15) is 0 Å². The Balaban J connectivity index is 1.30. The number of para-hydroxylation sites is 1. The van der Waals surface area contributed by atoms with Crippen molar-refractivity contribution in [3.8, 4) is 0 Å². The first-order valence-electron chi connectivity index (χ1n) is 9.60. The molecule has 4 heterocycles. The number of aromatic nitrogens is 5. The number of rotatable bonds is 2. The van der Waals surface area contributed by atoms with Gasteiger partial charge in [-0.25, -0.2) is 4.39 Å². The van der Waals surface area contributed by atoms with E-state index in [9.17, 15) is 9.18 Å². The van der Waals surface area contributed by atoms with Gasteiger partial charge in [0.25, 0.3) is 0 Å². The summed E-state index contributed by atoms with van der Waals surface area (Å²) in [7, 11) is 0. The molecule has 3 aromatic rings. The van der Waals surface area contributed by atoms with E-state index in [1.54, 1.807) is 11.0 Å². The van der Waals surface area contributed by atoms with Crippen LogP contribution in [-0.2, 0) is 11.2 Å². The Kier molecular flexibility index (Phi) is 4.14. The minimum absolute atomic E-state index is 0.0367. The van der Waals surface area contributed by atoms with Crippen LogP contribution in [0.4, 0.5) is 15.9 Å². The summed E-state index contributed by atoms with van der Waals surface area (Å²) < 4.78 is 15.8. The molecule has 9 heteroatoms. The fraction of sp³-hybridized carbons (Fsp3) is 0.421. The second-order valence-corrected chi connectivity index (χ2v) is 7.32. The lowest BCUT2D eigenvalue weighted by Crippen LogP contribution is -2.45. The fourth-order valence-electron chi connectivity index (χ4n) is 4.21. The normalized spacial score (nSPS) is 17.8. The molecule has 1 saturated heterocycles. The third kappa shape index (κ3) is 2.87. The molecule has 1 amide bonds. The van der Waals surface area contributed by atoms with E-state index in [4.69, 9.17) is 0 Å². The molecule has 1 aromatic carbocycles. The summed E-state index contributed by atoms with van der Waals surface area (Å²) in [6.45, 7) is 2.02. The SMILES string of the molecule is O=C(C1CCN(c2ccc3nnnn3n2)CC1)N1CCCc2cccc(F)c21. The number of hydrogen-bond acceptors (Lipinski definition) is 6. The Hall–Kier alpha value is -3.10. The Morgan fingerprint density at radius 1 is 1.11 bits per heavy atom. The van der Waals surface area contributed by atoms with Crippen molar-refractivity contribution in [2.45, 2.75) is 25.7 Å². The van der Waals surface area contributed by atoms with Gasteiger partial charge in [0, 0.05) is 25.6 Å². The van der Waals surface area contributed by atoms with Crippen molar-refractivity contribution in [1.29, 1.82) is 0 Å². The molecule has 1 fully saturated rings. The number of carbonyl (C=O) groups excluding carboxylic acids is 1. The van der Waals surface area contributed by atoms with Crippen LogP contribution in [0.2, 0.25) is 0 Å². The van der Waals surface area contributed by atoms with Crippen LogP contribution in [0.5, 0.6) is 0 Å². The molecule has 0 spiro atoms. The predicted octanol–water partition coefficient (Wildman–Crippen LogP) is 1.85. The number of fused-ring (bicyclic) bond motifs is 2. The molecule has 0 bridgehead atoms. The van der Waals surface area contributed by atoms with E-state index in [0.29, 0.717) is 30.7 Å². The summed E-state index contributed by atoms with van der Waals surface area (Å²) in [6.07, 6.45) is 3.13. The minimum Gasteiger partial charge on any atom is -0.355 e. The van der Waals surface area contributed by atoms with Crippen molar-refractivity contribution in [3.63, 3.8) is 0 Å². The first kappa shape index (κ1) is 17.0. The zero-order chi connectivity index (χ0) is 19.1. The Bertz CT molecular complexity index is 1030. The van der Waals surface area contributed by atoms with Gasteiger partial charge in [-0.1, -0.05) is 12.1 Å². The maximum absolute atomic E-state index is 14.4. The van der Waals surface area contributed by atoms with Gasteiger partial charge in [-0.05, 0) is 59.9 Å². The summed E-state index contributed by atoms with van der Waals surface area (Å²) in [5.74, 6) is 0.426. The second kappa shape index (κ2) is 6.81. The maximum Gasteiger partial charge on any atom is 0.230 e. The second-order valence-electron chi connectivity index (χ2n) is 7.32. The number of nitrogens with zero attached hydrogens (tertiary/aromatic N) is 7. The van der Waals surface area contributed by atoms with Crippen molar-refractivity contribution in [2.24, 2.45) is 5.92 Å². The van der Waals surface area contributed by atoms with Crippen LogP contribution in [0.25, 0.3) is 5.65 Å². The first-order valence-corrected chi connectivity index (χ1v) is 9.60. The predicted molar refractivity (Wildman–Crippen MR) is 101 cm³/mol. The van der Waals surface area contributed by atoms with Gasteiger partial charge in [-0.15, -0.1) is 14.8 Å². The van der Waals surface area contributed by atoms with Gasteiger partial charge in [0.05, 0.1) is 5.69 Å². The number of halogens is 1. The average molecular weight is 381 g/mol. The van der Waals surface area contributed by atoms with E-state index >= 15 is 0 Å². The highest BCUT2D eigenvalue weighted by Gasteiger charge is 2.33. The van der Waals surface area contributed by atoms with E-state index in [0.717, 1.165) is 37.3 Å². The van der Waals surface area contributed by atoms with Crippen molar-refractivity contribution in [3.05, 3.63) is 41.7 Å². The zero-order valence-electron chi connectivity index (χ0n) is 15.3. The quantitative estimate of drug-likeness (QED) is 0.674. The third-order valence-electron chi connectivity index (χ3n) is 5.66. The lowest BCUT2D eigenvalue weighted by molar-refractivity contribution is -0.123. The maximum atomic E-state index is 14.4. The van der Waals surface area contributed by atoms with E-state index in [1.807, 2.05) is 18.2 Å². The monoisotopic (exact) mass is 381 g/mol. The van der Waals surface area contributed by atoms with Crippen molar-refractivity contribution >= 4 is 23.1 Å². The largest absolute Gasteiger partial charge is 0.355 e. The number of amides is 1. The van der Waals surface area contributed by atoms with E-state index < -0.39 is 0 Å².